The molecule has 1 aliphatic heterocycles. The van der Waals surface area contributed by atoms with Gasteiger partial charge in [-0.15, -0.1) is 11.3 Å². The van der Waals surface area contributed by atoms with Crippen LogP contribution in [0.4, 0.5) is 5.00 Å². The normalized spacial score (nSPS) is 19.1. The molecule has 0 aromatic carbocycles. The molecule has 1 aliphatic carbocycles. The minimum Gasteiger partial charge on any atom is -0.379 e. The number of rotatable bonds is 8. The first-order valence-electron chi connectivity index (χ1n) is 9.95. The van der Waals surface area contributed by atoms with Gasteiger partial charge >= 0.3 is 0 Å². The maximum absolute atomic E-state index is 12.7. The van der Waals surface area contributed by atoms with E-state index in [0.29, 0.717) is 23.4 Å². The molecule has 7 heteroatoms. The second kappa shape index (κ2) is 9.17. The smallest absolute Gasteiger partial charge is 0.261 e. The van der Waals surface area contributed by atoms with Crippen molar-refractivity contribution in [1.29, 1.82) is 0 Å². The Bertz CT molecular complexity index is 663. The van der Waals surface area contributed by atoms with Gasteiger partial charge in [0.15, 0.2) is 0 Å². The van der Waals surface area contributed by atoms with E-state index in [1.807, 2.05) is 13.0 Å². The largest absolute Gasteiger partial charge is 0.379 e. The van der Waals surface area contributed by atoms with Gasteiger partial charge in [-0.3, -0.25) is 14.5 Å². The molecule has 3 rings (SSSR count). The van der Waals surface area contributed by atoms with Crippen molar-refractivity contribution >= 4 is 28.2 Å². The monoisotopic (exact) mass is 393 g/mol. The Balaban J connectivity index is 1.57. The third-order valence-electron chi connectivity index (χ3n) is 5.12. The highest BCUT2D eigenvalue weighted by molar-refractivity contribution is 7.18. The molecule has 27 heavy (non-hydrogen) atoms. The molecule has 2 amide bonds. The van der Waals surface area contributed by atoms with E-state index in [1.165, 1.54) is 11.3 Å². The number of morpholine rings is 1. The van der Waals surface area contributed by atoms with Crippen molar-refractivity contribution in [2.24, 2.45) is 11.8 Å². The molecule has 1 saturated heterocycles. The van der Waals surface area contributed by atoms with Crippen LogP contribution >= 0.6 is 11.3 Å². The number of hydrogen-bond donors (Lipinski definition) is 2. The third kappa shape index (κ3) is 5.77. The minimum atomic E-state index is -0.0496. The van der Waals surface area contributed by atoms with Gasteiger partial charge in [0.1, 0.15) is 0 Å². The number of carbonyl (C=O) groups excluding carboxylic acids is 2. The Morgan fingerprint density at radius 2 is 2.00 bits per heavy atom. The summed E-state index contributed by atoms with van der Waals surface area (Å²) >= 11 is 1.36. The summed E-state index contributed by atoms with van der Waals surface area (Å²) in [4.78, 5) is 27.8. The van der Waals surface area contributed by atoms with E-state index in [0.717, 1.165) is 56.1 Å². The molecule has 1 aromatic rings. The van der Waals surface area contributed by atoms with Gasteiger partial charge in [0, 0.05) is 31.6 Å². The van der Waals surface area contributed by atoms with E-state index in [9.17, 15) is 9.59 Å². The molecule has 1 saturated carbocycles. The number of nitrogens with zero attached hydrogens (tertiary/aromatic N) is 1. The van der Waals surface area contributed by atoms with Crippen LogP contribution in [0.2, 0.25) is 0 Å². The van der Waals surface area contributed by atoms with Crippen LogP contribution in [0.1, 0.15) is 48.3 Å². The van der Waals surface area contributed by atoms with Crippen LogP contribution in [0.3, 0.4) is 0 Å². The van der Waals surface area contributed by atoms with Crippen molar-refractivity contribution in [3.05, 3.63) is 16.5 Å². The highest BCUT2D eigenvalue weighted by Crippen LogP contribution is 2.32. The zero-order valence-electron chi connectivity index (χ0n) is 16.5. The maximum atomic E-state index is 12.7. The SMILES string of the molecule is Cc1cc(NC(=O)C2CC2)sc1C(=O)NCC(CC(C)C)N1CCOCC1. The van der Waals surface area contributed by atoms with E-state index in [1.54, 1.807) is 0 Å². The molecule has 150 valence electrons. The summed E-state index contributed by atoms with van der Waals surface area (Å²) in [7, 11) is 0. The molecule has 1 unspecified atom stereocenters. The Morgan fingerprint density at radius 1 is 1.30 bits per heavy atom. The molecule has 0 bridgehead atoms. The maximum Gasteiger partial charge on any atom is 0.261 e. The summed E-state index contributed by atoms with van der Waals surface area (Å²) < 4.78 is 5.46. The molecule has 2 fully saturated rings. The van der Waals surface area contributed by atoms with Crippen molar-refractivity contribution < 1.29 is 14.3 Å². The van der Waals surface area contributed by atoms with Gasteiger partial charge < -0.3 is 15.4 Å². The molecular weight excluding hydrogens is 362 g/mol. The summed E-state index contributed by atoms with van der Waals surface area (Å²) in [6, 6.07) is 2.22. The third-order valence-corrected chi connectivity index (χ3v) is 6.27. The first-order valence-corrected chi connectivity index (χ1v) is 10.8. The van der Waals surface area contributed by atoms with Gasteiger partial charge in [-0.1, -0.05) is 13.8 Å². The van der Waals surface area contributed by atoms with Crippen LogP contribution in [0.5, 0.6) is 0 Å². The van der Waals surface area contributed by atoms with Gasteiger partial charge in [-0.25, -0.2) is 0 Å². The average Bonchev–Trinajstić information content (AvgIpc) is 3.42. The molecule has 2 heterocycles. The fourth-order valence-corrected chi connectivity index (χ4v) is 4.47. The molecule has 2 aliphatic rings. The first-order chi connectivity index (χ1) is 12.9. The summed E-state index contributed by atoms with van der Waals surface area (Å²) in [5.41, 5.74) is 0.912. The predicted octanol–water partition coefficient (Wildman–Crippen LogP) is 2.88. The van der Waals surface area contributed by atoms with E-state index < -0.39 is 0 Å². The highest BCUT2D eigenvalue weighted by Gasteiger charge is 2.30. The van der Waals surface area contributed by atoms with Gasteiger partial charge in [0.05, 0.1) is 23.1 Å². The van der Waals surface area contributed by atoms with Crippen LogP contribution < -0.4 is 10.6 Å². The lowest BCUT2D eigenvalue weighted by atomic mass is 10.0. The minimum absolute atomic E-state index is 0.0496. The Labute approximate surface area is 165 Å². The van der Waals surface area contributed by atoms with Crippen molar-refractivity contribution in [1.82, 2.24) is 10.2 Å². The lowest BCUT2D eigenvalue weighted by Gasteiger charge is -2.35. The Hall–Kier alpha value is -1.44. The lowest BCUT2D eigenvalue weighted by molar-refractivity contribution is -0.117. The van der Waals surface area contributed by atoms with Gasteiger partial charge in [-0.05, 0) is 43.7 Å². The number of ether oxygens (including phenoxy) is 1. The number of aryl methyl sites for hydroxylation is 1. The molecular formula is C20H31N3O3S. The summed E-state index contributed by atoms with van der Waals surface area (Å²) in [6.45, 7) is 10.4. The lowest BCUT2D eigenvalue weighted by Crippen LogP contribution is -2.49. The fourth-order valence-electron chi connectivity index (χ4n) is 3.48. The van der Waals surface area contributed by atoms with Crippen LogP contribution in [-0.2, 0) is 9.53 Å². The molecule has 0 spiro atoms. The molecule has 2 N–H and O–H groups in total. The van der Waals surface area contributed by atoms with Crippen molar-refractivity contribution in [2.75, 3.05) is 38.2 Å². The van der Waals surface area contributed by atoms with Crippen molar-refractivity contribution in [3.63, 3.8) is 0 Å². The second-order valence-electron chi connectivity index (χ2n) is 8.03. The molecule has 1 aromatic heterocycles. The number of carbonyl (C=O) groups is 2. The van der Waals surface area contributed by atoms with Crippen molar-refractivity contribution in [2.45, 2.75) is 46.1 Å². The predicted molar refractivity (Wildman–Crippen MR) is 108 cm³/mol. The van der Waals surface area contributed by atoms with Gasteiger partial charge in [-0.2, -0.15) is 0 Å². The number of anilines is 1. The van der Waals surface area contributed by atoms with Gasteiger partial charge in [0.2, 0.25) is 5.91 Å². The number of nitrogens with one attached hydrogen (secondary N) is 2. The van der Waals surface area contributed by atoms with Crippen LogP contribution in [0.15, 0.2) is 6.07 Å². The number of hydrogen-bond acceptors (Lipinski definition) is 5. The average molecular weight is 394 g/mol. The van der Waals surface area contributed by atoms with Crippen LogP contribution in [-0.4, -0.2) is 55.6 Å². The second-order valence-corrected chi connectivity index (χ2v) is 9.08. The van der Waals surface area contributed by atoms with E-state index in [2.05, 4.69) is 29.4 Å². The van der Waals surface area contributed by atoms with E-state index >= 15 is 0 Å². The number of amides is 2. The first kappa shape index (κ1) is 20.3. The zero-order valence-corrected chi connectivity index (χ0v) is 17.4. The van der Waals surface area contributed by atoms with Crippen LogP contribution in [0.25, 0.3) is 0 Å². The van der Waals surface area contributed by atoms with E-state index in [-0.39, 0.29) is 17.7 Å². The van der Waals surface area contributed by atoms with Crippen molar-refractivity contribution in [3.8, 4) is 0 Å². The van der Waals surface area contributed by atoms with Crippen LogP contribution in [0, 0.1) is 18.8 Å². The number of thiophene rings is 1. The topological polar surface area (TPSA) is 70.7 Å². The standard InChI is InChI=1S/C20H31N3O3S/c1-13(2)10-16(23-6-8-26-9-7-23)12-21-20(25)18-14(3)11-17(27-18)22-19(24)15-4-5-15/h11,13,15-16H,4-10,12H2,1-3H3,(H,21,25)(H,22,24). The molecule has 0 radical (unpaired) electrons. The fraction of sp³-hybridized carbons (Fsp3) is 0.700. The van der Waals surface area contributed by atoms with Gasteiger partial charge in [0.25, 0.3) is 5.91 Å². The molecule has 6 nitrogen and oxygen atoms in total. The summed E-state index contributed by atoms with van der Waals surface area (Å²) in [6.07, 6.45) is 3.00. The summed E-state index contributed by atoms with van der Waals surface area (Å²) in [5, 5.41) is 6.83. The summed E-state index contributed by atoms with van der Waals surface area (Å²) in [5.74, 6) is 0.761. The zero-order chi connectivity index (χ0) is 19.4. The Morgan fingerprint density at radius 3 is 2.63 bits per heavy atom. The quantitative estimate of drug-likeness (QED) is 0.712. The highest BCUT2D eigenvalue weighted by atomic mass is 32.1. The Kier molecular flexibility index (Phi) is 6.89. The van der Waals surface area contributed by atoms with E-state index in [4.69, 9.17) is 4.74 Å². The molecule has 1 atom stereocenters.